The first kappa shape index (κ1) is 12.9. The van der Waals surface area contributed by atoms with Crippen LogP contribution in [0.3, 0.4) is 0 Å². The lowest BCUT2D eigenvalue weighted by atomic mass is 10.0. The van der Waals surface area contributed by atoms with E-state index in [-0.39, 0.29) is 0 Å². The fraction of sp³-hybridized carbons (Fsp3) is 0.455. The number of hydrogen-bond acceptors (Lipinski definition) is 3. The maximum atomic E-state index is 5.66. The molecule has 2 N–H and O–H groups in total. The summed E-state index contributed by atoms with van der Waals surface area (Å²) in [5, 5.41) is 0. The molecule has 0 saturated carbocycles. The highest BCUT2D eigenvalue weighted by atomic mass is 79.9. The largest absolute Gasteiger partial charge is 0.494 e. The minimum Gasteiger partial charge on any atom is -0.494 e. The standard InChI is InChI=1S/C11H16BrNOS/c1-7(6-13)8-4-9(12)11(14-2)10(5-8)15-3/h4-5,7H,6,13H2,1-3H3. The van der Waals surface area contributed by atoms with Crippen molar-refractivity contribution in [1.29, 1.82) is 0 Å². The van der Waals surface area contributed by atoms with Crippen molar-refractivity contribution in [3.05, 3.63) is 22.2 Å². The van der Waals surface area contributed by atoms with Gasteiger partial charge < -0.3 is 10.5 Å². The van der Waals surface area contributed by atoms with Crippen LogP contribution < -0.4 is 10.5 Å². The Labute approximate surface area is 104 Å². The van der Waals surface area contributed by atoms with Crippen molar-refractivity contribution in [2.24, 2.45) is 5.73 Å². The second kappa shape index (κ2) is 5.77. The second-order valence-corrected chi connectivity index (χ2v) is 5.08. The van der Waals surface area contributed by atoms with Crippen molar-refractivity contribution in [2.75, 3.05) is 19.9 Å². The molecule has 0 amide bonds. The summed E-state index contributed by atoms with van der Waals surface area (Å²) in [6, 6.07) is 4.22. The van der Waals surface area contributed by atoms with Crippen LogP contribution in [0.15, 0.2) is 21.5 Å². The summed E-state index contributed by atoms with van der Waals surface area (Å²) < 4.78 is 6.33. The zero-order valence-corrected chi connectivity index (χ0v) is 11.6. The quantitative estimate of drug-likeness (QED) is 0.865. The number of hydrogen-bond donors (Lipinski definition) is 1. The monoisotopic (exact) mass is 289 g/mol. The highest BCUT2D eigenvalue weighted by molar-refractivity contribution is 9.10. The maximum Gasteiger partial charge on any atom is 0.146 e. The molecule has 1 aromatic carbocycles. The Morgan fingerprint density at radius 3 is 2.67 bits per heavy atom. The average molecular weight is 290 g/mol. The van der Waals surface area contributed by atoms with E-state index >= 15 is 0 Å². The first-order chi connectivity index (χ1) is 7.13. The smallest absolute Gasteiger partial charge is 0.146 e. The van der Waals surface area contributed by atoms with E-state index in [9.17, 15) is 0 Å². The molecule has 84 valence electrons. The van der Waals surface area contributed by atoms with Crippen LogP contribution in [-0.2, 0) is 0 Å². The third-order valence-electron chi connectivity index (χ3n) is 2.38. The molecule has 0 aliphatic heterocycles. The van der Waals surface area contributed by atoms with Gasteiger partial charge >= 0.3 is 0 Å². The van der Waals surface area contributed by atoms with Gasteiger partial charge in [-0.2, -0.15) is 0 Å². The third kappa shape index (κ3) is 2.89. The van der Waals surface area contributed by atoms with Crippen molar-refractivity contribution in [1.82, 2.24) is 0 Å². The van der Waals surface area contributed by atoms with Crippen molar-refractivity contribution >= 4 is 27.7 Å². The Morgan fingerprint density at radius 1 is 1.53 bits per heavy atom. The van der Waals surface area contributed by atoms with Crippen LogP contribution in [0.25, 0.3) is 0 Å². The summed E-state index contributed by atoms with van der Waals surface area (Å²) >= 11 is 5.20. The Balaban J connectivity index is 3.19. The van der Waals surface area contributed by atoms with Crippen molar-refractivity contribution < 1.29 is 4.74 Å². The van der Waals surface area contributed by atoms with E-state index in [0.29, 0.717) is 12.5 Å². The summed E-state index contributed by atoms with van der Waals surface area (Å²) in [4.78, 5) is 1.14. The first-order valence-corrected chi connectivity index (χ1v) is 6.77. The Morgan fingerprint density at radius 2 is 2.20 bits per heavy atom. The SMILES string of the molecule is COc1c(Br)cc(C(C)CN)cc1SC. The lowest BCUT2D eigenvalue weighted by Crippen LogP contribution is -2.09. The summed E-state index contributed by atoms with van der Waals surface area (Å²) in [5.74, 6) is 1.27. The van der Waals surface area contributed by atoms with Crippen LogP contribution in [0, 0.1) is 0 Å². The van der Waals surface area contributed by atoms with Gasteiger partial charge in [-0.3, -0.25) is 0 Å². The molecule has 0 heterocycles. The molecular weight excluding hydrogens is 274 g/mol. The lowest BCUT2D eigenvalue weighted by molar-refractivity contribution is 0.401. The number of halogens is 1. The van der Waals surface area contributed by atoms with Crippen LogP contribution in [0.2, 0.25) is 0 Å². The highest BCUT2D eigenvalue weighted by Crippen LogP contribution is 2.37. The van der Waals surface area contributed by atoms with E-state index in [0.717, 1.165) is 15.1 Å². The van der Waals surface area contributed by atoms with Gasteiger partial charge in [0.25, 0.3) is 0 Å². The fourth-order valence-corrected chi connectivity index (χ4v) is 2.76. The molecule has 0 aliphatic carbocycles. The van der Waals surface area contributed by atoms with Gasteiger partial charge in [-0.1, -0.05) is 6.92 Å². The first-order valence-electron chi connectivity index (χ1n) is 4.75. The van der Waals surface area contributed by atoms with Gasteiger partial charge in [-0.15, -0.1) is 11.8 Å². The van der Waals surface area contributed by atoms with Crippen molar-refractivity contribution in [2.45, 2.75) is 17.7 Å². The zero-order chi connectivity index (χ0) is 11.4. The molecule has 15 heavy (non-hydrogen) atoms. The van der Waals surface area contributed by atoms with Crippen LogP contribution in [-0.4, -0.2) is 19.9 Å². The van der Waals surface area contributed by atoms with Crippen LogP contribution >= 0.6 is 27.7 Å². The Bertz CT molecular complexity index is 344. The molecular formula is C11H16BrNOS. The van der Waals surface area contributed by atoms with Gasteiger partial charge in [0.2, 0.25) is 0 Å². The maximum absolute atomic E-state index is 5.66. The van der Waals surface area contributed by atoms with Gasteiger partial charge in [0, 0.05) is 0 Å². The molecule has 0 aliphatic rings. The number of benzene rings is 1. The predicted octanol–water partition coefficient (Wildman–Crippen LogP) is 3.24. The number of methoxy groups -OCH3 is 1. The van der Waals surface area contributed by atoms with E-state index in [1.165, 1.54) is 5.56 Å². The van der Waals surface area contributed by atoms with E-state index in [1.54, 1.807) is 18.9 Å². The van der Waals surface area contributed by atoms with Crippen LogP contribution in [0.4, 0.5) is 0 Å². The molecule has 1 aromatic rings. The second-order valence-electron chi connectivity index (χ2n) is 3.37. The summed E-state index contributed by atoms with van der Waals surface area (Å²) in [6.45, 7) is 2.78. The summed E-state index contributed by atoms with van der Waals surface area (Å²) in [5.41, 5.74) is 6.91. The lowest BCUT2D eigenvalue weighted by Gasteiger charge is -2.14. The van der Waals surface area contributed by atoms with Crippen molar-refractivity contribution in [3.63, 3.8) is 0 Å². The highest BCUT2D eigenvalue weighted by Gasteiger charge is 2.12. The zero-order valence-electron chi connectivity index (χ0n) is 9.21. The number of rotatable bonds is 4. The van der Waals surface area contributed by atoms with Gasteiger partial charge in [0.15, 0.2) is 0 Å². The molecule has 0 aromatic heterocycles. The van der Waals surface area contributed by atoms with E-state index < -0.39 is 0 Å². The number of nitrogens with two attached hydrogens (primary N) is 1. The van der Waals surface area contributed by atoms with Gasteiger partial charge in [0.05, 0.1) is 16.5 Å². The molecule has 0 bridgehead atoms. The van der Waals surface area contributed by atoms with Gasteiger partial charge in [0.1, 0.15) is 5.75 Å². The normalized spacial score (nSPS) is 12.6. The molecule has 4 heteroatoms. The van der Waals surface area contributed by atoms with E-state index in [4.69, 9.17) is 10.5 Å². The molecule has 0 fully saturated rings. The minimum absolute atomic E-state index is 0.373. The predicted molar refractivity (Wildman–Crippen MR) is 69.9 cm³/mol. The van der Waals surface area contributed by atoms with Crippen LogP contribution in [0.1, 0.15) is 18.4 Å². The molecule has 0 saturated heterocycles. The van der Waals surface area contributed by atoms with Crippen LogP contribution in [0.5, 0.6) is 5.75 Å². The van der Waals surface area contributed by atoms with E-state index in [2.05, 4.69) is 35.0 Å². The van der Waals surface area contributed by atoms with Gasteiger partial charge in [-0.25, -0.2) is 0 Å². The fourth-order valence-electron chi connectivity index (χ4n) is 1.36. The van der Waals surface area contributed by atoms with E-state index in [1.807, 2.05) is 6.26 Å². The summed E-state index contributed by atoms with van der Waals surface area (Å²) in [7, 11) is 1.69. The number of thioether (sulfide) groups is 1. The number of ether oxygens (including phenoxy) is 1. The molecule has 1 unspecified atom stereocenters. The molecule has 1 atom stereocenters. The Hall–Kier alpha value is -0.190. The molecule has 0 radical (unpaired) electrons. The summed E-state index contributed by atoms with van der Waals surface area (Å²) in [6.07, 6.45) is 2.04. The molecule has 2 nitrogen and oxygen atoms in total. The third-order valence-corrected chi connectivity index (χ3v) is 3.71. The van der Waals surface area contributed by atoms with Gasteiger partial charge in [-0.05, 0) is 52.3 Å². The molecule has 1 rings (SSSR count). The topological polar surface area (TPSA) is 35.2 Å². The Kier molecular flexibility index (Phi) is 4.96. The minimum atomic E-state index is 0.373. The average Bonchev–Trinajstić information content (AvgIpc) is 2.26. The molecule has 0 spiro atoms. The van der Waals surface area contributed by atoms with Crippen molar-refractivity contribution in [3.8, 4) is 5.75 Å².